The molecule has 0 bridgehead atoms. The van der Waals surface area contributed by atoms with Gasteiger partial charge in [-0.3, -0.25) is 9.97 Å². The molecule has 0 spiro atoms. The van der Waals surface area contributed by atoms with Gasteiger partial charge in [0.05, 0.1) is 117 Å². The number of pyridine rings is 2. The maximum Gasteiger partial charge on any atom is 0.161 e. The highest BCUT2D eigenvalue weighted by Crippen LogP contribution is 2.51. The maximum absolute atomic E-state index is 6.86. The quantitative estimate of drug-likeness (QED) is 0.0262. The fourth-order valence-electron chi connectivity index (χ4n) is 20.8. The van der Waals surface area contributed by atoms with E-state index in [4.69, 9.17) is 76.3 Å². The lowest BCUT2D eigenvalue weighted by atomic mass is 9.93. The summed E-state index contributed by atoms with van der Waals surface area (Å²) in [4.78, 5) is 10.3. The predicted octanol–water partition coefficient (Wildman–Crippen LogP) is 39.3. The molecule has 2 aromatic heterocycles. The SMILES string of the molecule is CCCCCCCCOc1cc2c3cc(OC)c(OCCCCCCOc4cnc(-c5ncc(OCCCCCCOc6cc7c(cc6OC)c6cc(OCCCCCCCC)c(OCCCCCCCC)cc6c6cc(OCCCCCCCC)c(OCCCCCCCC)cc76)c6ccccc56)c5ccccc45)cc3c3cc(OCCCCCCCC)c(OCCCCCCCC)cc3c2cc1OCCCCCCCC. The molecule has 0 saturated carbocycles. The molecule has 810 valence electrons. The molecular formula is C132H188N2O14. The number of rotatable bonds is 85. The Labute approximate surface area is 891 Å². The summed E-state index contributed by atoms with van der Waals surface area (Å²) in [6.45, 7) is 25.4. The van der Waals surface area contributed by atoms with Crippen LogP contribution in [0.5, 0.6) is 80.5 Å². The highest BCUT2D eigenvalue weighted by Gasteiger charge is 2.26. The van der Waals surface area contributed by atoms with Gasteiger partial charge in [0.1, 0.15) is 11.5 Å². The number of fused-ring (bicyclic) bond motifs is 14. The van der Waals surface area contributed by atoms with E-state index in [0.29, 0.717) is 102 Å². The van der Waals surface area contributed by atoms with Gasteiger partial charge in [-0.25, -0.2) is 0 Å². The molecule has 0 N–H and O–H groups in total. The molecule has 0 fully saturated rings. The molecule has 148 heavy (non-hydrogen) atoms. The minimum atomic E-state index is 0.531. The second-order valence-electron chi connectivity index (χ2n) is 41.7. The normalized spacial score (nSPS) is 11.7. The van der Waals surface area contributed by atoms with Gasteiger partial charge < -0.3 is 66.3 Å². The fraction of sp³-hybridized carbons (Fsp3) is 0.591. The lowest BCUT2D eigenvalue weighted by Crippen LogP contribution is -2.04. The van der Waals surface area contributed by atoms with E-state index < -0.39 is 0 Å². The van der Waals surface area contributed by atoms with Gasteiger partial charge in [0, 0.05) is 21.5 Å². The maximum atomic E-state index is 6.86. The minimum Gasteiger partial charge on any atom is -0.493 e. The van der Waals surface area contributed by atoms with E-state index in [9.17, 15) is 0 Å². The van der Waals surface area contributed by atoms with Crippen molar-refractivity contribution in [1.29, 1.82) is 0 Å². The Morgan fingerprint density at radius 1 is 0.142 bits per heavy atom. The van der Waals surface area contributed by atoms with Crippen LogP contribution in [0.3, 0.4) is 0 Å². The number of hydrogen-bond acceptors (Lipinski definition) is 16. The topological polar surface area (TPSA) is 155 Å². The first-order valence-corrected chi connectivity index (χ1v) is 59.7. The van der Waals surface area contributed by atoms with Crippen molar-refractivity contribution >= 4 is 86.2 Å². The predicted molar refractivity (Wildman–Crippen MR) is 623 cm³/mol. The average Bonchev–Trinajstić information content (AvgIpc) is 0.728. The molecule has 0 aliphatic rings. The van der Waals surface area contributed by atoms with Crippen molar-refractivity contribution in [2.75, 3.05) is 93.5 Å². The Balaban J connectivity index is 0.698. The first-order chi connectivity index (χ1) is 73.2. The van der Waals surface area contributed by atoms with Crippen LogP contribution < -0.4 is 66.3 Å². The van der Waals surface area contributed by atoms with E-state index >= 15 is 0 Å². The summed E-state index contributed by atoms with van der Waals surface area (Å²) < 4.78 is 94.4. The molecule has 10 aromatic carbocycles. The van der Waals surface area contributed by atoms with Crippen LogP contribution in [0.25, 0.3) is 97.6 Å². The molecule has 0 aliphatic carbocycles. The van der Waals surface area contributed by atoms with Crippen molar-refractivity contribution in [2.45, 2.75) is 415 Å². The third-order valence-electron chi connectivity index (χ3n) is 29.6. The highest BCUT2D eigenvalue weighted by atomic mass is 16.5. The number of hydrogen-bond donors (Lipinski definition) is 0. The number of methoxy groups -OCH3 is 2. The summed E-state index contributed by atoms with van der Waals surface area (Å²) in [5.41, 5.74) is 1.61. The third-order valence-corrected chi connectivity index (χ3v) is 29.6. The molecule has 0 saturated heterocycles. The van der Waals surface area contributed by atoms with Crippen LogP contribution >= 0.6 is 0 Å². The van der Waals surface area contributed by atoms with Crippen molar-refractivity contribution in [3.8, 4) is 91.9 Å². The smallest absolute Gasteiger partial charge is 0.161 e. The summed E-state index contributed by atoms with van der Waals surface area (Å²) in [7, 11) is 3.50. The molecule has 0 radical (unpaired) electrons. The Morgan fingerprint density at radius 3 is 0.426 bits per heavy atom. The second kappa shape index (κ2) is 68.6. The first-order valence-electron chi connectivity index (χ1n) is 59.7. The molecule has 0 atom stereocenters. The Kier molecular flexibility index (Phi) is 53.9. The molecule has 0 aliphatic heterocycles. The molecule has 2 heterocycles. The van der Waals surface area contributed by atoms with Crippen LogP contribution in [-0.2, 0) is 0 Å². The third kappa shape index (κ3) is 36.5. The van der Waals surface area contributed by atoms with Gasteiger partial charge in [0.15, 0.2) is 69.0 Å². The van der Waals surface area contributed by atoms with Crippen molar-refractivity contribution in [3.05, 3.63) is 134 Å². The second-order valence-corrected chi connectivity index (χ2v) is 41.7. The van der Waals surface area contributed by atoms with Crippen LogP contribution in [0, 0.1) is 0 Å². The van der Waals surface area contributed by atoms with Gasteiger partial charge in [0.2, 0.25) is 0 Å². The van der Waals surface area contributed by atoms with E-state index in [1.807, 2.05) is 12.4 Å². The van der Waals surface area contributed by atoms with Crippen molar-refractivity contribution in [1.82, 2.24) is 9.97 Å². The molecule has 12 aromatic rings. The van der Waals surface area contributed by atoms with E-state index in [1.165, 1.54) is 205 Å². The Hall–Kier alpha value is -10.2. The highest BCUT2D eigenvalue weighted by molar-refractivity contribution is 6.28. The van der Waals surface area contributed by atoms with Crippen LogP contribution in [-0.4, -0.2) is 103 Å². The van der Waals surface area contributed by atoms with E-state index in [-0.39, 0.29) is 0 Å². The molecule has 12 rings (SSSR count). The zero-order valence-corrected chi connectivity index (χ0v) is 93.4. The Morgan fingerprint density at radius 2 is 0.270 bits per heavy atom. The first kappa shape index (κ1) is 116. The summed E-state index contributed by atoms with van der Waals surface area (Å²) in [6.07, 6.45) is 68.1. The number of benzene rings is 10. The largest absolute Gasteiger partial charge is 0.493 e. The summed E-state index contributed by atoms with van der Waals surface area (Å²) in [5.74, 6) is 10.6. The molecule has 0 amide bonds. The van der Waals surface area contributed by atoms with Gasteiger partial charge >= 0.3 is 0 Å². The standard InChI is InChI=1S/C132H188N2O14/c1-11-19-27-35-43-59-77-139-121-91-109-105-87-117(135-9)119(89-107(105)111-93-123(141-79-61-45-37-29-21-13-3)127(145-83-65-49-41-33-25-17-7)97-115(111)113(109)95-125(121)143-81-63-47-39-31-23-15-5)137-75-67-51-53-69-85-147-129-99-133-131(103-73-57-55-71-101(103)129)132-104-74-58-56-72-102(104)130(100-134-132)148-86-70-54-52-68-76-138-120-90-108-106(88-118(120)136-10)110-92-122(140-78-60-44-36-28-20-12-2)126(144-82-64-48-40-32-24-16-6)96-114(110)116-98-128(146-84-66-50-42-34-26-18-8)124(94-112(108)116)142-80-62-46-38-30-22-14-4/h55-58,71-74,87-100H,11-54,59-70,75-86H2,1-10H3. The molecule has 16 heteroatoms. The molecule has 16 nitrogen and oxygen atoms in total. The lowest BCUT2D eigenvalue weighted by molar-refractivity contribution is 0.259. The summed E-state index contributed by atoms with van der Waals surface area (Å²) >= 11 is 0. The number of unbranched alkanes of at least 4 members (excludes halogenated alkanes) is 46. The van der Waals surface area contributed by atoms with Gasteiger partial charge in [0.25, 0.3) is 0 Å². The number of aromatic nitrogens is 2. The lowest BCUT2D eigenvalue weighted by Gasteiger charge is -2.20. The van der Waals surface area contributed by atoms with Gasteiger partial charge in [-0.05, 0) is 240 Å². The number of nitrogens with zero attached hydrogens (tertiary/aromatic N) is 2. The van der Waals surface area contributed by atoms with Crippen molar-refractivity contribution in [2.24, 2.45) is 0 Å². The molecule has 0 unspecified atom stereocenters. The van der Waals surface area contributed by atoms with Crippen LogP contribution in [0.4, 0.5) is 0 Å². The zero-order chi connectivity index (χ0) is 103. The van der Waals surface area contributed by atoms with E-state index in [2.05, 4.69) is 177 Å². The molecular weight excluding hydrogens is 1840 g/mol. The van der Waals surface area contributed by atoms with Gasteiger partial charge in [-0.2, -0.15) is 0 Å². The van der Waals surface area contributed by atoms with E-state index in [1.54, 1.807) is 14.2 Å². The van der Waals surface area contributed by atoms with Crippen molar-refractivity contribution < 1.29 is 66.3 Å². The van der Waals surface area contributed by atoms with Crippen LogP contribution in [0.2, 0.25) is 0 Å². The van der Waals surface area contributed by atoms with Crippen LogP contribution in [0.15, 0.2) is 134 Å². The van der Waals surface area contributed by atoms with Crippen LogP contribution in [0.1, 0.15) is 415 Å². The summed E-state index contributed by atoms with van der Waals surface area (Å²) in [5, 5.41) is 16.8. The minimum absolute atomic E-state index is 0.531. The van der Waals surface area contributed by atoms with Gasteiger partial charge in [-0.15, -0.1) is 0 Å². The van der Waals surface area contributed by atoms with Crippen molar-refractivity contribution in [3.63, 3.8) is 0 Å². The average molecular weight is 2030 g/mol. The summed E-state index contributed by atoms with van der Waals surface area (Å²) in [6, 6.07) is 43.5. The Bertz CT molecular complexity index is 5460. The zero-order valence-electron chi connectivity index (χ0n) is 93.4. The fourth-order valence-corrected chi connectivity index (χ4v) is 20.8. The number of ether oxygens (including phenoxy) is 14. The monoisotopic (exact) mass is 2030 g/mol. The van der Waals surface area contributed by atoms with Gasteiger partial charge in [-0.1, -0.05) is 361 Å². The van der Waals surface area contributed by atoms with E-state index in [0.717, 1.165) is 309 Å².